The topological polar surface area (TPSA) is 73.6 Å². The Morgan fingerprint density at radius 1 is 1.33 bits per heavy atom. The van der Waals surface area contributed by atoms with Gasteiger partial charge >= 0.3 is 5.97 Å². The Balaban J connectivity index is 1.65. The molecule has 112 valence electrons. The van der Waals surface area contributed by atoms with E-state index in [1.54, 1.807) is 24.3 Å². The molecule has 0 radical (unpaired) electrons. The van der Waals surface area contributed by atoms with Crippen molar-refractivity contribution in [1.82, 2.24) is 4.90 Å². The molecule has 1 fully saturated rings. The highest BCUT2D eigenvalue weighted by atomic mass is 16.5. The molecule has 1 saturated heterocycles. The van der Waals surface area contributed by atoms with Gasteiger partial charge in [0.05, 0.1) is 11.6 Å². The van der Waals surface area contributed by atoms with E-state index in [2.05, 4.69) is 11.0 Å². The second-order valence-electron chi connectivity index (χ2n) is 5.37. The molecule has 1 N–H and O–H groups in total. The third-order valence-electron chi connectivity index (χ3n) is 3.83. The van der Waals surface area contributed by atoms with E-state index >= 15 is 0 Å². The highest BCUT2D eigenvalue weighted by molar-refractivity contribution is 5.67. The zero-order valence-electron chi connectivity index (χ0n) is 12.0. The van der Waals surface area contributed by atoms with Crippen LogP contribution >= 0.6 is 0 Å². The summed E-state index contributed by atoms with van der Waals surface area (Å²) in [6.45, 7) is 3.33. The van der Waals surface area contributed by atoms with Crippen molar-refractivity contribution in [2.45, 2.75) is 19.3 Å². The van der Waals surface area contributed by atoms with E-state index in [4.69, 9.17) is 15.1 Å². The lowest BCUT2D eigenvalue weighted by atomic mass is 9.94. The minimum absolute atomic E-state index is 0.287. The van der Waals surface area contributed by atoms with Gasteiger partial charge in [-0.2, -0.15) is 5.26 Å². The number of nitriles is 1. The molecule has 0 aliphatic carbocycles. The molecule has 5 nitrogen and oxygen atoms in total. The molecule has 0 aromatic heterocycles. The summed E-state index contributed by atoms with van der Waals surface area (Å²) in [4.78, 5) is 13.0. The van der Waals surface area contributed by atoms with Gasteiger partial charge in [-0.25, -0.2) is 0 Å². The lowest BCUT2D eigenvalue weighted by Gasteiger charge is -2.31. The van der Waals surface area contributed by atoms with Gasteiger partial charge in [0.25, 0.3) is 0 Å². The summed E-state index contributed by atoms with van der Waals surface area (Å²) in [5, 5.41) is 17.5. The Labute approximate surface area is 124 Å². The van der Waals surface area contributed by atoms with Crippen LogP contribution in [0.3, 0.4) is 0 Å². The van der Waals surface area contributed by atoms with Crippen molar-refractivity contribution < 1.29 is 14.6 Å². The predicted molar refractivity (Wildman–Crippen MR) is 78.1 cm³/mol. The molecule has 0 spiro atoms. The summed E-state index contributed by atoms with van der Waals surface area (Å²) in [7, 11) is 0. The first-order valence-electron chi connectivity index (χ1n) is 7.24. The number of carboxylic acids is 1. The Kier molecular flexibility index (Phi) is 5.59. The molecule has 0 unspecified atom stereocenters. The van der Waals surface area contributed by atoms with Gasteiger partial charge in [-0.15, -0.1) is 0 Å². The summed E-state index contributed by atoms with van der Waals surface area (Å²) in [6.07, 6.45) is 2.18. The number of aliphatic carboxylic acids is 1. The van der Waals surface area contributed by atoms with E-state index in [1.165, 1.54) is 0 Å². The summed E-state index contributed by atoms with van der Waals surface area (Å²) >= 11 is 0. The van der Waals surface area contributed by atoms with Crippen LogP contribution in [0.4, 0.5) is 0 Å². The number of benzene rings is 1. The molecule has 0 amide bonds. The molecular formula is C16H20N2O3. The van der Waals surface area contributed by atoms with Crippen molar-refractivity contribution in [3.63, 3.8) is 0 Å². The number of carboxylic acid groups (broad SMARTS) is 1. The van der Waals surface area contributed by atoms with Crippen LogP contribution in [-0.2, 0) is 4.79 Å². The Hall–Kier alpha value is -2.06. The van der Waals surface area contributed by atoms with Gasteiger partial charge in [-0.1, -0.05) is 0 Å². The van der Waals surface area contributed by atoms with Gasteiger partial charge in [0, 0.05) is 13.0 Å². The van der Waals surface area contributed by atoms with Gasteiger partial charge in [-0.05, 0) is 56.1 Å². The zero-order chi connectivity index (χ0) is 15.1. The first-order valence-corrected chi connectivity index (χ1v) is 7.24. The first kappa shape index (κ1) is 15.3. The van der Waals surface area contributed by atoms with Crippen LogP contribution in [0.1, 0.15) is 24.8 Å². The average molecular weight is 288 g/mol. The minimum Gasteiger partial charge on any atom is -0.492 e. The number of hydrogen-bond donors (Lipinski definition) is 1. The maximum atomic E-state index is 10.7. The van der Waals surface area contributed by atoms with Gasteiger partial charge in [-0.3, -0.25) is 9.69 Å². The molecule has 0 atom stereocenters. The zero-order valence-corrected chi connectivity index (χ0v) is 12.0. The van der Waals surface area contributed by atoms with Gasteiger partial charge < -0.3 is 9.84 Å². The van der Waals surface area contributed by atoms with Crippen LogP contribution in [0.15, 0.2) is 24.3 Å². The molecule has 2 rings (SSSR count). The predicted octanol–water partition coefficient (Wildman–Crippen LogP) is 2.12. The molecule has 1 aromatic carbocycles. The second kappa shape index (κ2) is 7.65. The van der Waals surface area contributed by atoms with E-state index in [9.17, 15) is 4.79 Å². The number of hydrogen-bond acceptors (Lipinski definition) is 4. The fourth-order valence-corrected chi connectivity index (χ4v) is 2.58. The van der Waals surface area contributed by atoms with E-state index < -0.39 is 5.97 Å². The lowest BCUT2D eigenvalue weighted by molar-refractivity contribution is -0.138. The Morgan fingerprint density at radius 3 is 2.57 bits per heavy atom. The van der Waals surface area contributed by atoms with Crippen molar-refractivity contribution in [3.8, 4) is 11.8 Å². The average Bonchev–Trinajstić information content (AvgIpc) is 2.49. The molecule has 0 saturated carbocycles. The first-order chi connectivity index (χ1) is 10.2. The quantitative estimate of drug-likeness (QED) is 0.868. The van der Waals surface area contributed by atoms with E-state index in [-0.39, 0.29) is 6.42 Å². The Morgan fingerprint density at radius 2 is 2.00 bits per heavy atom. The van der Waals surface area contributed by atoms with Crippen LogP contribution < -0.4 is 4.74 Å². The highest BCUT2D eigenvalue weighted by Crippen LogP contribution is 2.20. The maximum Gasteiger partial charge on any atom is 0.303 e. The van der Waals surface area contributed by atoms with Crippen LogP contribution in [0.25, 0.3) is 0 Å². The van der Waals surface area contributed by atoms with E-state index in [0.717, 1.165) is 38.2 Å². The monoisotopic (exact) mass is 288 g/mol. The number of piperidine rings is 1. The number of carbonyl (C=O) groups is 1. The molecule has 1 aliphatic rings. The van der Waals surface area contributed by atoms with Crippen LogP contribution in [0, 0.1) is 17.2 Å². The third kappa shape index (κ3) is 5.09. The second-order valence-corrected chi connectivity index (χ2v) is 5.37. The van der Waals surface area contributed by atoms with Crippen molar-refractivity contribution >= 4 is 5.97 Å². The highest BCUT2D eigenvalue weighted by Gasteiger charge is 2.20. The van der Waals surface area contributed by atoms with Crippen LogP contribution in [-0.4, -0.2) is 42.2 Å². The number of ether oxygens (including phenoxy) is 1. The van der Waals surface area contributed by atoms with E-state index in [1.807, 2.05) is 0 Å². The number of rotatable bonds is 6. The van der Waals surface area contributed by atoms with Crippen molar-refractivity contribution in [3.05, 3.63) is 29.8 Å². The van der Waals surface area contributed by atoms with Gasteiger partial charge in [0.2, 0.25) is 0 Å². The molecular weight excluding hydrogens is 268 g/mol. The lowest BCUT2D eigenvalue weighted by Crippen LogP contribution is -2.37. The summed E-state index contributed by atoms with van der Waals surface area (Å²) in [5.41, 5.74) is 0.628. The smallest absolute Gasteiger partial charge is 0.303 e. The summed E-state index contributed by atoms with van der Waals surface area (Å²) in [5.74, 6) is 0.394. The van der Waals surface area contributed by atoms with Gasteiger partial charge in [0.15, 0.2) is 0 Å². The molecule has 1 heterocycles. The Bertz CT molecular complexity index is 499. The van der Waals surface area contributed by atoms with Crippen LogP contribution in [0.2, 0.25) is 0 Å². The molecule has 5 heteroatoms. The molecule has 0 bridgehead atoms. The van der Waals surface area contributed by atoms with Crippen LogP contribution in [0.5, 0.6) is 5.75 Å². The number of nitrogens with zero attached hydrogens (tertiary/aromatic N) is 2. The fourth-order valence-electron chi connectivity index (χ4n) is 2.58. The largest absolute Gasteiger partial charge is 0.492 e. The minimum atomic E-state index is -0.697. The third-order valence-corrected chi connectivity index (χ3v) is 3.83. The molecule has 1 aliphatic heterocycles. The molecule has 1 aromatic rings. The number of likely N-dealkylation sites (tertiary alicyclic amines) is 1. The fraction of sp³-hybridized carbons (Fsp3) is 0.500. The van der Waals surface area contributed by atoms with E-state index in [0.29, 0.717) is 18.1 Å². The van der Waals surface area contributed by atoms with Crippen molar-refractivity contribution in [2.24, 2.45) is 5.92 Å². The molecule has 21 heavy (non-hydrogen) atoms. The summed E-state index contributed by atoms with van der Waals surface area (Å²) in [6, 6.07) is 9.17. The summed E-state index contributed by atoms with van der Waals surface area (Å²) < 4.78 is 5.65. The SMILES string of the molecule is N#Cc1ccc(OCCN2CCC(CC(=O)O)CC2)cc1. The van der Waals surface area contributed by atoms with Gasteiger partial charge in [0.1, 0.15) is 12.4 Å². The normalized spacial score (nSPS) is 16.3. The van der Waals surface area contributed by atoms with Crippen molar-refractivity contribution in [2.75, 3.05) is 26.2 Å². The maximum absolute atomic E-state index is 10.7. The standard InChI is InChI=1S/C16H20N2O3/c17-12-14-1-3-15(4-2-14)21-10-9-18-7-5-13(6-8-18)11-16(19)20/h1-4,13H,5-11H2,(H,19,20). The van der Waals surface area contributed by atoms with Crippen molar-refractivity contribution in [1.29, 1.82) is 5.26 Å².